The third kappa shape index (κ3) is 1.74. The van der Waals surface area contributed by atoms with Crippen molar-refractivity contribution in [1.82, 2.24) is 13.6 Å². The predicted octanol–water partition coefficient (Wildman–Crippen LogP) is 1.66. The zero-order chi connectivity index (χ0) is 11.0. The van der Waals surface area contributed by atoms with Crippen LogP contribution in [0.5, 0.6) is 5.88 Å². The molecule has 4 nitrogen and oxygen atoms in total. The molecular formula is C11H15N3OS. The minimum atomic E-state index is 0.678. The Morgan fingerprint density at radius 1 is 1.50 bits per heavy atom. The van der Waals surface area contributed by atoms with Crippen molar-refractivity contribution in [1.29, 1.82) is 0 Å². The lowest BCUT2D eigenvalue weighted by molar-refractivity contribution is 0.207. The minimum Gasteiger partial charge on any atom is -0.479 e. The third-order valence-corrected chi connectivity index (χ3v) is 3.84. The first-order valence-corrected chi connectivity index (χ1v) is 6.40. The number of methoxy groups -OCH3 is 1. The number of fused-ring (bicyclic) bond motifs is 2. The second-order valence-electron chi connectivity index (χ2n) is 4.45. The summed E-state index contributed by atoms with van der Waals surface area (Å²) in [4.78, 5) is 2.50. The zero-order valence-electron chi connectivity index (χ0n) is 9.35. The normalized spacial score (nSPS) is 28.7. The van der Waals surface area contributed by atoms with Crippen molar-refractivity contribution in [2.75, 3.05) is 26.7 Å². The summed E-state index contributed by atoms with van der Waals surface area (Å²) < 4.78 is 13.7. The summed E-state index contributed by atoms with van der Waals surface area (Å²) in [7, 11) is 1.66. The van der Waals surface area contributed by atoms with Crippen LogP contribution < -0.4 is 4.74 Å². The highest BCUT2D eigenvalue weighted by molar-refractivity contribution is 6.99. The van der Waals surface area contributed by atoms with Gasteiger partial charge in [-0.25, -0.2) is 0 Å². The van der Waals surface area contributed by atoms with Crippen LogP contribution in [-0.4, -0.2) is 40.4 Å². The molecule has 1 aromatic heterocycles. The van der Waals surface area contributed by atoms with E-state index in [0.717, 1.165) is 12.2 Å². The van der Waals surface area contributed by atoms with Crippen molar-refractivity contribution < 1.29 is 4.74 Å². The molecule has 0 radical (unpaired) electrons. The molecular weight excluding hydrogens is 222 g/mol. The fourth-order valence-corrected chi connectivity index (χ4v) is 3.17. The lowest BCUT2D eigenvalue weighted by atomic mass is 9.90. The average Bonchev–Trinajstić information content (AvgIpc) is 2.76. The van der Waals surface area contributed by atoms with Crippen LogP contribution in [0.4, 0.5) is 0 Å². The first kappa shape index (κ1) is 10.2. The molecule has 2 bridgehead atoms. The monoisotopic (exact) mass is 237 g/mol. The van der Waals surface area contributed by atoms with Gasteiger partial charge in [0, 0.05) is 13.1 Å². The maximum Gasteiger partial charge on any atom is 0.253 e. The van der Waals surface area contributed by atoms with Crippen molar-refractivity contribution >= 4 is 17.3 Å². The Kier molecular flexibility index (Phi) is 2.65. The summed E-state index contributed by atoms with van der Waals surface area (Å²) in [5.41, 5.74) is 2.24. The Bertz CT molecular complexity index is 415. The van der Waals surface area contributed by atoms with Crippen LogP contribution in [-0.2, 0) is 0 Å². The fraction of sp³-hybridized carbons (Fsp3) is 0.636. The minimum absolute atomic E-state index is 0.678. The van der Waals surface area contributed by atoms with E-state index in [1.807, 2.05) is 0 Å². The van der Waals surface area contributed by atoms with E-state index in [0.29, 0.717) is 11.8 Å². The van der Waals surface area contributed by atoms with Crippen LogP contribution in [0.15, 0.2) is 6.08 Å². The van der Waals surface area contributed by atoms with Crippen molar-refractivity contribution in [2.45, 2.75) is 12.8 Å². The molecule has 3 rings (SSSR count). The second kappa shape index (κ2) is 4.14. The van der Waals surface area contributed by atoms with E-state index in [4.69, 9.17) is 4.74 Å². The maximum absolute atomic E-state index is 5.24. The lowest BCUT2D eigenvalue weighted by Crippen LogP contribution is -2.39. The highest BCUT2D eigenvalue weighted by Gasteiger charge is 2.27. The van der Waals surface area contributed by atoms with Gasteiger partial charge in [0.2, 0.25) is 0 Å². The smallest absolute Gasteiger partial charge is 0.253 e. The van der Waals surface area contributed by atoms with Gasteiger partial charge in [-0.3, -0.25) is 4.90 Å². The SMILES string of the molecule is COc1nsnc1C1=CC2CCCN(C1)C2. The van der Waals surface area contributed by atoms with E-state index in [-0.39, 0.29) is 0 Å². The first-order valence-electron chi connectivity index (χ1n) is 5.67. The number of aromatic nitrogens is 2. The molecule has 2 atom stereocenters. The number of piperidine rings is 1. The molecule has 16 heavy (non-hydrogen) atoms. The number of rotatable bonds is 2. The van der Waals surface area contributed by atoms with Gasteiger partial charge in [0.05, 0.1) is 18.8 Å². The van der Waals surface area contributed by atoms with Crippen molar-refractivity contribution in [3.05, 3.63) is 11.8 Å². The van der Waals surface area contributed by atoms with Gasteiger partial charge in [0.1, 0.15) is 5.69 Å². The van der Waals surface area contributed by atoms with E-state index >= 15 is 0 Å². The maximum atomic E-state index is 5.24. The standard InChI is InChI=1S/C11H15N3OS/c1-15-11-10(12-16-13-11)9-5-8-3-2-4-14(6-8)7-9/h5,8H,2-4,6-7H2,1H3. The van der Waals surface area contributed by atoms with E-state index < -0.39 is 0 Å². The van der Waals surface area contributed by atoms with Gasteiger partial charge >= 0.3 is 0 Å². The van der Waals surface area contributed by atoms with Gasteiger partial charge in [0.25, 0.3) is 5.88 Å². The highest BCUT2D eigenvalue weighted by atomic mass is 32.1. The molecule has 86 valence electrons. The molecule has 1 saturated heterocycles. The van der Waals surface area contributed by atoms with Gasteiger partial charge < -0.3 is 4.74 Å². The van der Waals surface area contributed by atoms with Crippen LogP contribution in [0.25, 0.3) is 5.57 Å². The van der Waals surface area contributed by atoms with Crippen LogP contribution in [0, 0.1) is 5.92 Å². The largest absolute Gasteiger partial charge is 0.479 e. The van der Waals surface area contributed by atoms with Crippen molar-refractivity contribution in [3.8, 4) is 5.88 Å². The van der Waals surface area contributed by atoms with E-state index in [2.05, 4.69) is 19.7 Å². The van der Waals surface area contributed by atoms with Crippen LogP contribution in [0.1, 0.15) is 18.5 Å². The molecule has 0 N–H and O–H groups in total. The molecule has 2 unspecified atom stereocenters. The first-order chi connectivity index (χ1) is 7.86. The van der Waals surface area contributed by atoms with Gasteiger partial charge in [-0.05, 0) is 30.9 Å². The summed E-state index contributed by atoms with van der Waals surface area (Å²) in [6, 6.07) is 0. The Morgan fingerprint density at radius 2 is 2.44 bits per heavy atom. The summed E-state index contributed by atoms with van der Waals surface area (Å²) >= 11 is 1.23. The van der Waals surface area contributed by atoms with E-state index in [1.165, 1.54) is 43.2 Å². The molecule has 0 aromatic carbocycles. The number of hydrogen-bond acceptors (Lipinski definition) is 5. The Balaban J connectivity index is 1.92. The summed E-state index contributed by atoms with van der Waals surface area (Å²) in [6.45, 7) is 3.43. The molecule has 2 aliphatic rings. The Labute approximate surface area is 99.2 Å². The zero-order valence-corrected chi connectivity index (χ0v) is 10.2. The topological polar surface area (TPSA) is 38.3 Å². The van der Waals surface area contributed by atoms with Gasteiger partial charge in [-0.1, -0.05) is 6.08 Å². The molecule has 0 spiro atoms. The molecule has 1 fully saturated rings. The fourth-order valence-electron chi connectivity index (χ4n) is 2.61. The van der Waals surface area contributed by atoms with Gasteiger partial charge in [-0.2, -0.15) is 4.37 Å². The Hall–Kier alpha value is -0.940. The van der Waals surface area contributed by atoms with Crippen LogP contribution in [0.2, 0.25) is 0 Å². The number of ether oxygens (including phenoxy) is 1. The number of nitrogens with zero attached hydrogens (tertiary/aromatic N) is 3. The highest BCUT2D eigenvalue weighted by Crippen LogP contribution is 2.32. The molecule has 1 aromatic rings. The molecule has 5 heteroatoms. The van der Waals surface area contributed by atoms with E-state index in [9.17, 15) is 0 Å². The average molecular weight is 237 g/mol. The summed E-state index contributed by atoms with van der Waals surface area (Å²) in [5, 5.41) is 0. The van der Waals surface area contributed by atoms with Gasteiger partial charge in [0.15, 0.2) is 0 Å². The Morgan fingerprint density at radius 3 is 3.25 bits per heavy atom. The molecule has 0 aliphatic carbocycles. The molecule has 3 heterocycles. The molecule has 0 saturated carbocycles. The lowest BCUT2D eigenvalue weighted by Gasteiger charge is -2.36. The second-order valence-corrected chi connectivity index (χ2v) is 4.98. The van der Waals surface area contributed by atoms with Crippen molar-refractivity contribution in [2.24, 2.45) is 5.92 Å². The van der Waals surface area contributed by atoms with Crippen LogP contribution in [0.3, 0.4) is 0 Å². The predicted molar refractivity (Wildman–Crippen MR) is 63.6 cm³/mol. The molecule has 0 amide bonds. The van der Waals surface area contributed by atoms with E-state index in [1.54, 1.807) is 7.11 Å². The number of hydrogen-bond donors (Lipinski definition) is 0. The molecule has 2 aliphatic heterocycles. The third-order valence-electron chi connectivity index (χ3n) is 3.33. The van der Waals surface area contributed by atoms with Gasteiger partial charge in [-0.15, -0.1) is 4.37 Å². The summed E-state index contributed by atoms with van der Waals surface area (Å²) in [6.07, 6.45) is 5.00. The van der Waals surface area contributed by atoms with Crippen LogP contribution >= 0.6 is 11.7 Å². The summed E-state index contributed by atoms with van der Waals surface area (Å²) in [5.74, 6) is 1.38. The van der Waals surface area contributed by atoms with Crippen molar-refractivity contribution in [3.63, 3.8) is 0 Å². The quantitative estimate of drug-likeness (QED) is 0.784.